The van der Waals surface area contributed by atoms with Crippen molar-refractivity contribution >= 4 is 19.8 Å². The molecule has 88 heavy (non-hydrogen) atoms. The summed E-state index contributed by atoms with van der Waals surface area (Å²) in [6.45, 7) is 3.89. The van der Waals surface area contributed by atoms with Crippen molar-refractivity contribution < 1.29 is 42.1 Å². The molecule has 0 rings (SSSR count). The predicted octanol–water partition coefficient (Wildman–Crippen LogP) is 21.4. The van der Waals surface area contributed by atoms with E-state index in [2.05, 4.69) is 227 Å². The molecule has 0 aromatic carbocycles. The van der Waals surface area contributed by atoms with Crippen LogP contribution < -0.4 is 4.89 Å². The maximum atomic E-state index is 12.8. The molecule has 0 aliphatic rings. The van der Waals surface area contributed by atoms with Crippen LogP contribution in [0.5, 0.6) is 0 Å². The molecule has 2 unspecified atom stereocenters. The number of ether oxygens (including phenoxy) is 2. The number of hydrogen-bond donors (Lipinski definition) is 0. The summed E-state index contributed by atoms with van der Waals surface area (Å²) < 4.78 is 34.1. The lowest BCUT2D eigenvalue weighted by Gasteiger charge is -2.28. The zero-order chi connectivity index (χ0) is 64.1. The van der Waals surface area contributed by atoms with Crippen LogP contribution in [0.2, 0.25) is 0 Å². The van der Waals surface area contributed by atoms with Crippen LogP contribution in [-0.4, -0.2) is 70.0 Å². The third kappa shape index (κ3) is 69.4. The molecule has 0 fully saturated rings. The Hall–Kier alpha value is -5.67. The fourth-order valence-corrected chi connectivity index (χ4v) is 8.67. The van der Waals surface area contributed by atoms with Crippen molar-refractivity contribution in [2.24, 2.45) is 0 Å². The van der Waals surface area contributed by atoms with Crippen LogP contribution in [-0.2, 0) is 32.7 Å². The van der Waals surface area contributed by atoms with E-state index in [1.807, 2.05) is 27.2 Å². The molecule has 0 bridgehead atoms. The lowest BCUT2D eigenvalue weighted by Crippen LogP contribution is -2.37. The summed E-state index contributed by atoms with van der Waals surface area (Å²) in [4.78, 5) is 38.0. The summed E-state index contributed by atoms with van der Waals surface area (Å²) >= 11 is 0. The number of rotatable bonds is 58. The average Bonchev–Trinajstić information content (AvgIpc) is 3.58. The molecule has 0 aliphatic carbocycles. The van der Waals surface area contributed by atoms with Crippen molar-refractivity contribution in [2.75, 3.05) is 47.5 Å². The highest BCUT2D eigenvalue weighted by molar-refractivity contribution is 7.45. The van der Waals surface area contributed by atoms with Gasteiger partial charge < -0.3 is 27.9 Å². The number of hydrogen-bond acceptors (Lipinski definition) is 8. The van der Waals surface area contributed by atoms with Gasteiger partial charge in [0.2, 0.25) is 0 Å². The minimum Gasteiger partial charge on any atom is -0.756 e. The maximum absolute atomic E-state index is 12.8. The van der Waals surface area contributed by atoms with Gasteiger partial charge in [-0.15, -0.1) is 0 Å². The van der Waals surface area contributed by atoms with Crippen LogP contribution in [0.15, 0.2) is 219 Å². The lowest BCUT2D eigenvalue weighted by atomic mass is 10.1. The van der Waals surface area contributed by atoms with E-state index in [4.69, 9.17) is 18.5 Å². The molecule has 0 N–H and O–H groups in total. The molecule has 0 aliphatic heterocycles. The van der Waals surface area contributed by atoms with E-state index in [1.54, 1.807) is 0 Å². The Kier molecular flexibility index (Phi) is 61.5. The molecule has 9 nitrogen and oxygen atoms in total. The van der Waals surface area contributed by atoms with Gasteiger partial charge in [-0.05, 0) is 148 Å². The van der Waals surface area contributed by atoms with Crippen molar-refractivity contribution in [3.8, 4) is 0 Å². The molecular weight excluding hydrogens is 1110 g/mol. The van der Waals surface area contributed by atoms with Crippen LogP contribution in [0.4, 0.5) is 0 Å². The molecule has 2 atom stereocenters. The van der Waals surface area contributed by atoms with E-state index in [9.17, 15) is 19.0 Å². The molecule has 0 aromatic heterocycles. The van der Waals surface area contributed by atoms with Gasteiger partial charge in [-0.25, -0.2) is 0 Å². The lowest BCUT2D eigenvalue weighted by molar-refractivity contribution is -0.870. The first-order valence-electron chi connectivity index (χ1n) is 33.4. The third-order valence-corrected chi connectivity index (χ3v) is 14.0. The van der Waals surface area contributed by atoms with Crippen LogP contribution in [0, 0.1) is 0 Å². The number of unbranched alkanes of at least 4 members (excludes halogenated alkanes) is 8. The van der Waals surface area contributed by atoms with Crippen molar-refractivity contribution in [2.45, 2.75) is 213 Å². The SMILES string of the molecule is CC/C=C\C/C=C\C/C=C\C/C=C\C/C=C\C/C=C\C/C=C\C/C=C\C/C=C\C/C=C\C/C=C\CCCCCCCCCC(=O)OC(COC(=O)CCC/C=C\C/C=C\C/C=C\C/C=C\C/C=C\C/C=C\C/C=C\CC)COP(=O)([O-])OCC[N+](C)(C)C. The number of phosphoric acid groups is 1. The molecule has 490 valence electrons. The second kappa shape index (κ2) is 65.8. The summed E-state index contributed by atoms with van der Waals surface area (Å²) in [6, 6.07) is 0. The zero-order valence-corrected chi connectivity index (χ0v) is 56.5. The maximum Gasteiger partial charge on any atom is 0.306 e. The van der Waals surface area contributed by atoms with Crippen LogP contribution in [0.25, 0.3) is 0 Å². The van der Waals surface area contributed by atoms with Crippen LogP contribution in [0.1, 0.15) is 206 Å². The molecule has 0 heterocycles. The Morgan fingerprint density at radius 2 is 0.625 bits per heavy atom. The topological polar surface area (TPSA) is 111 Å². The van der Waals surface area contributed by atoms with Crippen LogP contribution in [0.3, 0.4) is 0 Å². The Bertz CT molecular complexity index is 2280. The quantitative estimate of drug-likeness (QED) is 0.0195. The summed E-state index contributed by atoms with van der Waals surface area (Å²) in [5.41, 5.74) is 0. The van der Waals surface area contributed by atoms with Gasteiger partial charge in [0.15, 0.2) is 6.10 Å². The number of phosphoric ester groups is 1. The smallest absolute Gasteiger partial charge is 0.306 e. The fourth-order valence-electron chi connectivity index (χ4n) is 7.94. The Labute approximate surface area is 538 Å². The minimum atomic E-state index is -4.67. The highest BCUT2D eigenvalue weighted by Gasteiger charge is 2.21. The number of esters is 2. The largest absolute Gasteiger partial charge is 0.756 e. The number of carbonyl (C=O) groups is 2. The Morgan fingerprint density at radius 1 is 0.352 bits per heavy atom. The van der Waals surface area contributed by atoms with E-state index in [1.165, 1.54) is 6.42 Å². The van der Waals surface area contributed by atoms with Gasteiger partial charge in [0, 0.05) is 12.8 Å². The van der Waals surface area contributed by atoms with Gasteiger partial charge in [-0.2, -0.15) is 0 Å². The minimum absolute atomic E-state index is 0.0552. The first kappa shape index (κ1) is 82.3. The monoisotopic (exact) mass is 1230 g/mol. The average molecular weight is 1230 g/mol. The number of allylic oxidation sites excluding steroid dienone is 36. The van der Waals surface area contributed by atoms with Crippen LogP contribution >= 0.6 is 7.82 Å². The number of nitrogens with zero attached hydrogens (tertiary/aromatic N) is 1. The number of carbonyl (C=O) groups excluding carboxylic acids is 2. The summed E-state index contributed by atoms with van der Waals surface area (Å²) in [6.07, 6.45) is 106. The number of quaternary nitrogens is 1. The molecule has 10 heteroatoms. The summed E-state index contributed by atoms with van der Waals surface area (Å²) in [5.74, 6) is -0.936. The van der Waals surface area contributed by atoms with Gasteiger partial charge in [0.25, 0.3) is 7.82 Å². The molecule has 0 spiro atoms. The molecule has 0 amide bonds. The standard InChI is InChI=1S/C78H120NO8P/c1-6-8-10-12-14-16-18-20-22-24-26-28-30-31-32-33-34-35-36-37-38-39-40-41-42-43-44-45-46-47-49-51-53-55-57-59-61-63-65-67-69-71-78(81)87-76(75-86-88(82,83)85-73-72-79(3,4)5)74-84-77(80)70-68-66-64-62-60-58-56-54-52-50-48-29-27-25-23-21-19-17-15-13-11-9-7-2/h8-11,14-17,20-23,26-29,31-32,34-35,37-38,40-41,43-44,46-47,50-53,56,58,62,64,76H,6-7,12-13,18-19,24-25,30,33,36,39,42,45,48-49,54-55,57,59-61,63,65-75H2,1-5H3/b10-8-,11-9-,16-14-,17-15-,22-20-,23-21-,28-26-,29-27-,32-31-,35-34-,38-37-,41-40-,44-43-,47-46-,52-50-,53-51-,58-56-,64-62-. The zero-order valence-electron chi connectivity index (χ0n) is 55.6. The van der Waals surface area contributed by atoms with E-state index in [0.29, 0.717) is 30.3 Å². The molecule has 0 saturated heterocycles. The molecular formula is C78H120NO8P. The van der Waals surface area contributed by atoms with E-state index in [-0.39, 0.29) is 26.1 Å². The fraction of sp³-hybridized carbons (Fsp3) is 0.513. The first-order valence-corrected chi connectivity index (χ1v) is 34.9. The molecule has 0 saturated carbocycles. The van der Waals surface area contributed by atoms with Crippen molar-refractivity contribution in [3.05, 3.63) is 219 Å². The highest BCUT2D eigenvalue weighted by atomic mass is 31.2. The molecule has 0 aromatic rings. The first-order chi connectivity index (χ1) is 43.0. The van der Waals surface area contributed by atoms with Crippen molar-refractivity contribution in [3.63, 3.8) is 0 Å². The van der Waals surface area contributed by atoms with E-state index >= 15 is 0 Å². The van der Waals surface area contributed by atoms with Gasteiger partial charge in [-0.3, -0.25) is 14.2 Å². The van der Waals surface area contributed by atoms with Crippen molar-refractivity contribution in [1.29, 1.82) is 0 Å². The summed E-state index contributed by atoms with van der Waals surface area (Å²) in [7, 11) is 1.09. The third-order valence-electron chi connectivity index (χ3n) is 13.0. The van der Waals surface area contributed by atoms with Gasteiger partial charge in [-0.1, -0.05) is 265 Å². The summed E-state index contributed by atoms with van der Waals surface area (Å²) in [5, 5.41) is 0. The Balaban J connectivity index is 4.24. The predicted molar refractivity (Wildman–Crippen MR) is 378 cm³/mol. The molecule has 0 radical (unpaired) electrons. The van der Waals surface area contributed by atoms with Crippen molar-refractivity contribution in [1.82, 2.24) is 0 Å². The highest BCUT2D eigenvalue weighted by Crippen LogP contribution is 2.38. The van der Waals surface area contributed by atoms with E-state index in [0.717, 1.165) is 154 Å². The van der Waals surface area contributed by atoms with Gasteiger partial charge in [0.05, 0.1) is 27.7 Å². The number of likely N-dealkylation sites (N-methyl/N-ethyl adjacent to an activating group) is 1. The van der Waals surface area contributed by atoms with Gasteiger partial charge in [0.1, 0.15) is 19.8 Å². The second-order valence-corrected chi connectivity index (χ2v) is 23.8. The Morgan fingerprint density at radius 3 is 0.943 bits per heavy atom. The van der Waals surface area contributed by atoms with E-state index < -0.39 is 32.5 Å². The second-order valence-electron chi connectivity index (χ2n) is 22.4. The van der Waals surface area contributed by atoms with Gasteiger partial charge >= 0.3 is 11.9 Å². The normalized spacial score (nSPS) is 14.6.